The number of likely N-dealkylation sites (tertiary alicyclic amines) is 1. The summed E-state index contributed by atoms with van der Waals surface area (Å²) < 4.78 is 5.24. The van der Waals surface area contributed by atoms with Crippen LogP contribution in [-0.2, 0) is 0 Å². The number of thiophene rings is 1. The summed E-state index contributed by atoms with van der Waals surface area (Å²) in [5, 5.41) is 0. The molecule has 3 rings (SSSR count). The molecule has 1 saturated heterocycles. The number of carbonyl (C=O) groups excluding carboxylic acids is 2. The number of carbonyl (C=O) groups is 2. The third-order valence-electron chi connectivity index (χ3n) is 4.68. The molecule has 25 heavy (non-hydrogen) atoms. The molecule has 0 N–H and O–H groups in total. The summed E-state index contributed by atoms with van der Waals surface area (Å²) in [6.07, 6.45) is 4.23. The van der Waals surface area contributed by atoms with Gasteiger partial charge >= 0.3 is 0 Å². The molecule has 2 aromatic rings. The summed E-state index contributed by atoms with van der Waals surface area (Å²) in [5.74, 6) is 0.853. The second-order valence-corrected chi connectivity index (χ2v) is 7.44. The van der Waals surface area contributed by atoms with Crippen LogP contribution < -0.4 is 4.74 Å². The largest absolute Gasteiger partial charge is 0.497 e. The van der Waals surface area contributed by atoms with Crippen LogP contribution in [0.3, 0.4) is 0 Å². The van der Waals surface area contributed by atoms with Crippen molar-refractivity contribution in [2.24, 2.45) is 0 Å². The number of ketones is 1. The molecule has 2 heterocycles. The highest BCUT2D eigenvalue weighted by Gasteiger charge is 2.28. The molecule has 0 bridgehead atoms. The van der Waals surface area contributed by atoms with Gasteiger partial charge in [0.1, 0.15) is 5.75 Å². The molecule has 1 amide bonds. The quantitative estimate of drug-likeness (QED) is 0.744. The SMILES string of the molecule is COc1ccc(C2CCCCCN2C(=O)c2ccc(C(C)=O)s2)cc1. The van der Waals surface area contributed by atoms with Crippen molar-refractivity contribution in [3.05, 3.63) is 51.7 Å². The van der Waals surface area contributed by atoms with Crippen molar-refractivity contribution in [2.75, 3.05) is 13.7 Å². The predicted molar refractivity (Wildman–Crippen MR) is 99.6 cm³/mol. The Kier molecular flexibility index (Phi) is 5.53. The van der Waals surface area contributed by atoms with Crippen LogP contribution in [0.4, 0.5) is 0 Å². The zero-order valence-electron chi connectivity index (χ0n) is 14.7. The van der Waals surface area contributed by atoms with Gasteiger partial charge in [-0.3, -0.25) is 9.59 Å². The van der Waals surface area contributed by atoms with Gasteiger partial charge in [-0.15, -0.1) is 11.3 Å². The van der Waals surface area contributed by atoms with E-state index in [9.17, 15) is 9.59 Å². The van der Waals surface area contributed by atoms with E-state index < -0.39 is 0 Å². The molecule has 1 aromatic heterocycles. The van der Waals surface area contributed by atoms with Gasteiger partial charge in [0, 0.05) is 6.54 Å². The molecule has 1 fully saturated rings. The second kappa shape index (κ2) is 7.83. The van der Waals surface area contributed by atoms with Crippen molar-refractivity contribution in [3.8, 4) is 5.75 Å². The molecule has 0 saturated carbocycles. The Labute approximate surface area is 152 Å². The maximum atomic E-state index is 13.1. The number of rotatable bonds is 4. The second-order valence-electron chi connectivity index (χ2n) is 6.36. The Bertz CT molecular complexity index is 751. The topological polar surface area (TPSA) is 46.6 Å². The highest BCUT2D eigenvalue weighted by atomic mass is 32.1. The van der Waals surface area contributed by atoms with Gasteiger partial charge in [0.05, 0.1) is 22.9 Å². The van der Waals surface area contributed by atoms with Gasteiger partial charge in [-0.2, -0.15) is 0 Å². The number of Topliss-reactive ketones (excluding diaryl/α,β-unsaturated/α-hetero) is 1. The van der Waals surface area contributed by atoms with E-state index in [0.29, 0.717) is 9.75 Å². The minimum absolute atomic E-state index is 0.00613. The monoisotopic (exact) mass is 357 g/mol. The Hall–Kier alpha value is -2.14. The maximum absolute atomic E-state index is 13.1. The van der Waals surface area contributed by atoms with Crippen LogP contribution in [0.15, 0.2) is 36.4 Å². The molecule has 0 aliphatic carbocycles. The van der Waals surface area contributed by atoms with Gasteiger partial charge in [0.2, 0.25) is 0 Å². The van der Waals surface area contributed by atoms with E-state index in [4.69, 9.17) is 4.74 Å². The number of amides is 1. The lowest BCUT2D eigenvalue weighted by atomic mass is 10.0. The molecule has 1 aromatic carbocycles. The third kappa shape index (κ3) is 3.93. The van der Waals surface area contributed by atoms with Gasteiger partial charge in [0.15, 0.2) is 5.78 Å². The lowest BCUT2D eigenvalue weighted by molar-refractivity contribution is 0.0686. The van der Waals surface area contributed by atoms with Crippen LogP contribution >= 0.6 is 11.3 Å². The molecule has 4 nitrogen and oxygen atoms in total. The average Bonchev–Trinajstić information content (AvgIpc) is 3.00. The lowest BCUT2D eigenvalue weighted by Crippen LogP contribution is -2.34. The first-order valence-corrected chi connectivity index (χ1v) is 9.47. The highest BCUT2D eigenvalue weighted by molar-refractivity contribution is 7.15. The number of hydrogen-bond acceptors (Lipinski definition) is 4. The molecular weight excluding hydrogens is 334 g/mol. The van der Waals surface area contributed by atoms with E-state index >= 15 is 0 Å². The van der Waals surface area contributed by atoms with E-state index in [1.165, 1.54) is 18.3 Å². The first-order chi connectivity index (χ1) is 12.1. The van der Waals surface area contributed by atoms with Crippen molar-refractivity contribution >= 4 is 23.0 Å². The molecule has 5 heteroatoms. The molecule has 1 aliphatic rings. The zero-order valence-corrected chi connectivity index (χ0v) is 15.5. The van der Waals surface area contributed by atoms with Gasteiger partial charge in [-0.25, -0.2) is 0 Å². The summed E-state index contributed by atoms with van der Waals surface area (Å²) >= 11 is 1.29. The minimum Gasteiger partial charge on any atom is -0.497 e. The van der Waals surface area contributed by atoms with Crippen LogP contribution in [-0.4, -0.2) is 30.2 Å². The van der Waals surface area contributed by atoms with Gasteiger partial charge in [0.25, 0.3) is 5.91 Å². The van der Waals surface area contributed by atoms with Crippen LogP contribution in [0, 0.1) is 0 Å². The van der Waals surface area contributed by atoms with Gasteiger partial charge in [-0.1, -0.05) is 25.0 Å². The lowest BCUT2D eigenvalue weighted by Gasteiger charge is -2.30. The standard InChI is InChI=1S/C20H23NO3S/c1-14(22)18-11-12-19(25-18)20(23)21-13-5-3-4-6-17(21)15-7-9-16(24-2)10-8-15/h7-12,17H,3-6,13H2,1-2H3. The predicted octanol–water partition coefficient (Wildman–Crippen LogP) is 4.72. The van der Waals surface area contributed by atoms with Crippen molar-refractivity contribution in [3.63, 3.8) is 0 Å². The number of hydrogen-bond donors (Lipinski definition) is 0. The summed E-state index contributed by atoms with van der Waals surface area (Å²) in [6.45, 7) is 2.29. The number of methoxy groups -OCH3 is 1. The Morgan fingerprint density at radius 3 is 2.40 bits per heavy atom. The first kappa shape index (κ1) is 17.7. The fourth-order valence-electron chi connectivity index (χ4n) is 3.31. The zero-order chi connectivity index (χ0) is 17.8. The summed E-state index contributed by atoms with van der Waals surface area (Å²) in [6, 6.07) is 11.6. The highest BCUT2D eigenvalue weighted by Crippen LogP contribution is 2.33. The Morgan fingerprint density at radius 1 is 1.04 bits per heavy atom. The third-order valence-corrected chi connectivity index (χ3v) is 5.85. The average molecular weight is 357 g/mol. The smallest absolute Gasteiger partial charge is 0.264 e. The van der Waals surface area contributed by atoms with E-state index in [0.717, 1.165) is 43.5 Å². The van der Waals surface area contributed by atoms with Crippen molar-refractivity contribution < 1.29 is 14.3 Å². The van der Waals surface area contributed by atoms with Gasteiger partial charge < -0.3 is 9.64 Å². The van der Waals surface area contributed by atoms with Crippen LogP contribution in [0.1, 0.15) is 63.6 Å². The molecule has 132 valence electrons. The number of nitrogens with zero attached hydrogens (tertiary/aromatic N) is 1. The molecule has 1 unspecified atom stereocenters. The summed E-state index contributed by atoms with van der Waals surface area (Å²) in [7, 11) is 1.65. The van der Waals surface area contributed by atoms with Gasteiger partial charge in [-0.05, 0) is 49.6 Å². The van der Waals surface area contributed by atoms with Crippen LogP contribution in [0.25, 0.3) is 0 Å². The molecular formula is C20H23NO3S. The van der Waals surface area contributed by atoms with Crippen molar-refractivity contribution in [1.82, 2.24) is 4.90 Å². The summed E-state index contributed by atoms with van der Waals surface area (Å²) in [4.78, 5) is 27.9. The normalized spacial score (nSPS) is 17.8. The molecule has 1 aliphatic heterocycles. The Morgan fingerprint density at radius 2 is 1.76 bits per heavy atom. The molecule has 1 atom stereocenters. The molecule has 0 radical (unpaired) electrons. The van der Waals surface area contributed by atoms with E-state index in [-0.39, 0.29) is 17.7 Å². The minimum atomic E-state index is 0.00613. The maximum Gasteiger partial charge on any atom is 0.264 e. The fraction of sp³-hybridized carbons (Fsp3) is 0.400. The molecule has 0 spiro atoms. The van der Waals surface area contributed by atoms with Crippen molar-refractivity contribution in [2.45, 2.75) is 38.6 Å². The van der Waals surface area contributed by atoms with E-state index in [1.807, 2.05) is 29.2 Å². The fourth-order valence-corrected chi connectivity index (χ4v) is 4.16. The number of benzene rings is 1. The Balaban J connectivity index is 1.88. The number of ether oxygens (including phenoxy) is 1. The van der Waals surface area contributed by atoms with Crippen LogP contribution in [0.5, 0.6) is 5.75 Å². The van der Waals surface area contributed by atoms with Crippen LogP contribution in [0.2, 0.25) is 0 Å². The van der Waals surface area contributed by atoms with E-state index in [2.05, 4.69) is 0 Å². The van der Waals surface area contributed by atoms with Crippen molar-refractivity contribution in [1.29, 1.82) is 0 Å². The first-order valence-electron chi connectivity index (χ1n) is 8.66. The van der Waals surface area contributed by atoms with E-state index in [1.54, 1.807) is 19.2 Å². The summed E-state index contributed by atoms with van der Waals surface area (Å²) in [5.41, 5.74) is 1.14.